The summed E-state index contributed by atoms with van der Waals surface area (Å²) in [5.41, 5.74) is -0.206. The topological polar surface area (TPSA) is 84.9 Å². The minimum Gasteiger partial charge on any atom is -0.465 e. The van der Waals surface area contributed by atoms with Gasteiger partial charge in [0.2, 0.25) is 5.95 Å². The molecule has 0 radical (unpaired) electrons. The van der Waals surface area contributed by atoms with E-state index in [1.54, 1.807) is 4.90 Å². The van der Waals surface area contributed by atoms with Gasteiger partial charge in [0.15, 0.2) is 0 Å². The van der Waals surface area contributed by atoms with Crippen LogP contribution in [0.4, 0.5) is 10.7 Å². The number of rotatable bonds is 2. The molecule has 8 heteroatoms. The molecule has 1 aromatic heterocycles. The van der Waals surface area contributed by atoms with Crippen LogP contribution in [0, 0.1) is 0 Å². The molecule has 0 unspecified atom stereocenters. The van der Waals surface area contributed by atoms with Crippen LogP contribution in [0.3, 0.4) is 0 Å². The molecular formula is C16H24N4O4. The van der Waals surface area contributed by atoms with Crippen LogP contribution in [-0.2, 0) is 9.47 Å². The van der Waals surface area contributed by atoms with Gasteiger partial charge >= 0.3 is 12.1 Å². The van der Waals surface area contributed by atoms with Crippen molar-refractivity contribution in [1.29, 1.82) is 0 Å². The zero-order valence-corrected chi connectivity index (χ0v) is 14.8. The third-order valence-electron chi connectivity index (χ3n) is 3.60. The molecule has 24 heavy (non-hydrogen) atoms. The fourth-order valence-corrected chi connectivity index (χ4v) is 2.44. The van der Waals surface area contributed by atoms with E-state index in [4.69, 9.17) is 4.74 Å². The molecule has 0 N–H and O–H groups in total. The lowest BCUT2D eigenvalue weighted by molar-refractivity contribution is 0.0158. The Morgan fingerprint density at radius 2 is 1.83 bits per heavy atom. The summed E-state index contributed by atoms with van der Waals surface area (Å²) in [5, 5.41) is 0. The summed E-state index contributed by atoms with van der Waals surface area (Å²) < 4.78 is 10.1. The fraction of sp³-hybridized carbons (Fsp3) is 0.625. The number of methoxy groups -OCH3 is 1. The number of nitrogens with zero attached hydrogens (tertiary/aromatic N) is 4. The zero-order chi connectivity index (χ0) is 17.9. The van der Waals surface area contributed by atoms with Gasteiger partial charge in [0.05, 0.1) is 12.7 Å². The van der Waals surface area contributed by atoms with Gasteiger partial charge in [0.1, 0.15) is 5.60 Å². The van der Waals surface area contributed by atoms with Crippen LogP contribution in [0.15, 0.2) is 12.4 Å². The normalized spacial score (nSPS) is 18.3. The van der Waals surface area contributed by atoms with Crippen LogP contribution in [0.2, 0.25) is 0 Å². The van der Waals surface area contributed by atoms with Gasteiger partial charge in [-0.2, -0.15) is 0 Å². The number of hydrogen-bond acceptors (Lipinski definition) is 7. The van der Waals surface area contributed by atoms with Crippen molar-refractivity contribution < 1.29 is 19.1 Å². The Kier molecular flexibility index (Phi) is 5.26. The summed E-state index contributed by atoms with van der Waals surface area (Å²) in [6.07, 6.45) is 2.58. The van der Waals surface area contributed by atoms with Gasteiger partial charge in [0.25, 0.3) is 0 Å². The maximum absolute atomic E-state index is 12.2. The van der Waals surface area contributed by atoms with Gasteiger partial charge in [0, 0.05) is 38.1 Å². The molecule has 1 saturated heterocycles. The molecule has 0 saturated carbocycles. The predicted octanol–water partition coefficient (Wildman–Crippen LogP) is 1.71. The molecule has 132 valence electrons. The average Bonchev–Trinajstić information content (AvgIpc) is 2.52. The highest BCUT2D eigenvalue weighted by Gasteiger charge is 2.31. The molecule has 0 aromatic carbocycles. The molecule has 1 fully saturated rings. The van der Waals surface area contributed by atoms with Crippen LogP contribution in [0.25, 0.3) is 0 Å². The molecule has 1 aliphatic rings. The minimum absolute atomic E-state index is 0.0301. The van der Waals surface area contributed by atoms with Crippen molar-refractivity contribution in [2.45, 2.75) is 39.3 Å². The first kappa shape index (κ1) is 18.0. The summed E-state index contributed by atoms with van der Waals surface area (Å²) in [5.74, 6) is 0.0583. The first-order valence-corrected chi connectivity index (χ1v) is 7.86. The quantitative estimate of drug-likeness (QED) is 0.760. The molecule has 2 heterocycles. The number of amides is 1. The zero-order valence-electron chi connectivity index (χ0n) is 14.8. The van der Waals surface area contributed by atoms with Crippen LogP contribution in [0.5, 0.6) is 0 Å². The number of aromatic nitrogens is 2. The lowest BCUT2D eigenvalue weighted by Crippen LogP contribution is -2.55. The number of ether oxygens (including phenoxy) is 2. The number of hydrogen-bond donors (Lipinski definition) is 0. The summed E-state index contributed by atoms with van der Waals surface area (Å²) in [7, 11) is 1.31. The number of anilines is 1. The van der Waals surface area contributed by atoms with E-state index >= 15 is 0 Å². The van der Waals surface area contributed by atoms with Crippen LogP contribution in [-0.4, -0.2) is 65.3 Å². The summed E-state index contributed by atoms with van der Waals surface area (Å²) in [6.45, 7) is 9.22. The van der Waals surface area contributed by atoms with Crippen molar-refractivity contribution in [2.75, 3.05) is 31.6 Å². The third-order valence-corrected chi connectivity index (χ3v) is 3.60. The lowest BCUT2D eigenvalue weighted by atomic mass is 10.2. The second-order valence-corrected chi connectivity index (χ2v) is 6.73. The smallest absolute Gasteiger partial charge is 0.410 e. The molecule has 2 rings (SSSR count). The van der Waals surface area contributed by atoms with E-state index < -0.39 is 11.6 Å². The second kappa shape index (κ2) is 7.02. The van der Waals surface area contributed by atoms with Crippen LogP contribution >= 0.6 is 0 Å². The summed E-state index contributed by atoms with van der Waals surface area (Å²) >= 11 is 0. The highest BCUT2D eigenvalue weighted by atomic mass is 16.6. The Morgan fingerprint density at radius 1 is 1.21 bits per heavy atom. The molecule has 8 nitrogen and oxygen atoms in total. The van der Waals surface area contributed by atoms with Crippen molar-refractivity contribution in [2.24, 2.45) is 0 Å². The summed E-state index contributed by atoms with van der Waals surface area (Å²) in [4.78, 5) is 35.8. The van der Waals surface area contributed by atoms with Crippen molar-refractivity contribution in [3.8, 4) is 0 Å². The van der Waals surface area contributed by atoms with Crippen LogP contribution in [0.1, 0.15) is 38.1 Å². The standard InChI is InChI=1S/C16H24N4O4/c1-11-10-19(6-7-20(11)15(22)24-16(2,3)4)14-17-8-12(9-18-14)13(21)23-5/h8-9,11H,6-7,10H2,1-5H3/t11-/m0/s1. The maximum atomic E-state index is 12.2. The highest BCUT2D eigenvalue weighted by molar-refractivity contribution is 5.88. The number of carbonyl (C=O) groups excluding carboxylic acids is 2. The molecule has 0 spiro atoms. The maximum Gasteiger partial charge on any atom is 0.410 e. The van der Waals surface area contributed by atoms with E-state index in [0.717, 1.165) is 0 Å². The van der Waals surface area contributed by atoms with E-state index in [0.29, 0.717) is 31.1 Å². The van der Waals surface area contributed by atoms with Gasteiger partial charge in [-0.3, -0.25) is 0 Å². The largest absolute Gasteiger partial charge is 0.465 e. The molecule has 0 bridgehead atoms. The average molecular weight is 336 g/mol. The minimum atomic E-state index is -0.513. The van der Waals surface area contributed by atoms with Crippen molar-refractivity contribution in [3.63, 3.8) is 0 Å². The van der Waals surface area contributed by atoms with Gasteiger partial charge in [-0.1, -0.05) is 0 Å². The van der Waals surface area contributed by atoms with Gasteiger partial charge < -0.3 is 19.3 Å². The van der Waals surface area contributed by atoms with E-state index in [2.05, 4.69) is 14.7 Å². The fourth-order valence-electron chi connectivity index (χ4n) is 2.44. The van der Waals surface area contributed by atoms with Gasteiger partial charge in [-0.15, -0.1) is 0 Å². The first-order valence-electron chi connectivity index (χ1n) is 7.86. The van der Waals surface area contributed by atoms with E-state index in [1.165, 1.54) is 19.5 Å². The van der Waals surface area contributed by atoms with E-state index in [9.17, 15) is 9.59 Å². The molecule has 0 aliphatic carbocycles. The number of carbonyl (C=O) groups is 2. The highest BCUT2D eigenvalue weighted by Crippen LogP contribution is 2.18. The Bertz CT molecular complexity index is 597. The van der Waals surface area contributed by atoms with E-state index in [1.807, 2.05) is 32.6 Å². The monoisotopic (exact) mass is 336 g/mol. The Hall–Kier alpha value is -2.38. The SMILES string of the molecule is COC(=O)c1cnc(N2CCN(C(=O)OC(C)(C)C)[C@@H](C)C2)nc1. The Morgan fingerprint density at radius 3 is 2.33 bits per heavy atom. The van der Waals surface area contributed by atoms with Crippen LogP contribution < -0.4 is 4.90 Å². The lowest BCUT2D eigenvalue weighted by Gasteiger charge is -2.40. The van der Waals surface area contributed by atoms with Gasteiger partial charge in [-0.05, 0) is 27.7 Å². The third kappa shape index (κ3) is 4.33. The van der Waals surface area contributed by atoms with Crippen molar-refractivity contribution >= 4 is 18.0 Å². The molecule has 1 aliphatic heterocycles. The molecular weight excluding hydrogens is 312 g/mol. The first-order chi connectivity index (χ1) is 11.2. The van der Waals surface area contributed by atoms with Crippen molar-refractivity contribution in [3.05, 3.63) is 18.0 Å². The number of piperazine rings is 1. The second-order valence-electron chi connectivity index (χ2n) is 6.73. The Labute approximate surface area is 141 Å². The molecule has 1 amide bonds. The number of esters is 1. The van der Waals surface area contributed by atoms with Gasteiger partial charge in [-0.25, -0.2) is 19.6 Å². The van der Waals surface area contributed by atoms with E-state index in [-0.39, 0.29) is 12.1 Å². The predicted molar refractivity (Wildman–Crippen MR) is 88.0 cm³/mol. The molecule has 1 atom stereocenters. The Balaban J connectivity index is 2.00. The van der Waals surface area contributed by atoms with Crippen molar-refractivity contribution in [1.82, 2.24) is 14.9 Å². The summed E-state index contributed by atoms with van der Waals surface area (Å²) in [6, 6.07) is -0.0301. The molecule has 1 aromatic rings.